The molecule has 0 spiro atoms. The van der Waals surface area contributed by atoms with Gasteiger partial charge in [-0.05, 0) is 31.7 Å². The molecule has 2 rings (SSSR count). The van der Waals surface area contributed by atoms with Crippen LogP contribution in [0.5, 0.6) is 0 Å². The second kappa shape index (κ2) is 7.38. The number of hydrogen-bond acceptors (Lipinski definition) is 4. The Kier molecular flexibility index (Phi) is 5.51. The van der Waals surface area contributed by atoms with Crippen LogP contribution in [0.1, 0.15) is 18.4 Å². The van der Waals surface area contributed by atoms with Crippen molar-refractivity contribution in [2.24, 2.45) is 5.10 Å². The summed E-state index contributed by atoms with van der Waals surface area (Å²) in [6.07, 6.45) is 1.59. The highest BCUT2D eigenvalue weighted by atomic mass is 35.5. The average molecular weight is 323 g/mol. The molecular formula is C15H19ClN4O2. The maximum Gasteiger partial charge on any atom is 0.329 e. The minimum Gasteiger partial charge on any atom is -0.317 e. The molecule has 22 heavy (non-hydrogen) atoms. The van der Waals surface area contributed by atoms with Crippen LogP contribution in [0, 0.1) is 6.92 Å². The molecule has 2 N–H and O–H groups in total. The predicted octanol–water partition coefficient (Wildman–Crippen LogP) is 1.78. The number of benzene rings is 1. The molecular weight excluding hydrogens is 304 g/mol. The van der Waals surface area contributed by atoms with Gasteiger partial charge in [-0.2, -0.15) is 5.10 Å². The fourth-order valence-electron chi connectivity index (χ4n) is 2.08. The first-order valence-corrected chi connectivity index (χ1v) is 7.45. The van der Waals surface area contributed by atoms with Gasteiger partial charge in [0.15, 0.2) is 0 Å². The van der Waals surface area contributed by atoms with E-state index in [-0.39, 0.29) is 0 Å². The zero-order valence-corrected chi connectivity index (χ0v) is 13.4. The zero-order chi connectivity index (χ0) is 16.1. The highest BCUT2D eigenvalue weighted by Crippen LogP contribution is 2.19. The second-order valence-electron chi connectivity index (χ2n) is 5.34. The molecule has 0 radical (unpaired) electrons. The van der Waals surface area contributed by atoms with Crippen LogP contribution in [0.3, 0.4) is 0 Å². The van der Waals surface area contributed by atoms with Crippen LogP contribution >= 0.6 is 11.6 Å². The minimum absolute atomic E-state index is 0.493. The van der Waals surface area contributed by atoms with Crippen LogP contribution in [0.15, 0.2) is 23.3 Å². The van der Waals surface area contributed by atoms with Crippen molar-refractivity contribution in [3.8, 4) is 0 Å². The Balaban J connectivity index is 1.91. The molecule has 0 aromatic heterocycles. The van der Waals surface area contributed by atoms with Gasteiger partial charge in [0.2, 0.25) is 0 Å². The van der Waals surface area contributed by atoms with Gasteiger partial charge >= 0.3 is 11.8 Å². The number of likely N-dealkylation sites (tertiary alicyclic amines) is 1. The lowest BCUT2D eigenvalue weighted by atomic mass is 10.1. The van der Waals surface area contributed by atoms with E-state index in [0.717, 1.165) is 37.2 Å². The molecule has 0 unspecified atom stereocenters. The summed E-state index contributed by atoms with van der Waals surface area (Å²) in [5.41, 5.74) is 4.55. The Morgan fingerprint density at radius 2 is 1.91 bits per heavy atom. The summed E-state index contributed by atoms with van der Waals surface area (Å²) < 4.78 is 0. The van der Waals surface area contributed by atoms with Crippen molar-refractivity contribution < 1.29 is 9.59 Å². The summed E-state index contributed by atoms with van der Waals surface area (Å²) in [4.78, 5) is 25.8. The lowest BCUT2D eigenvalue weighted by Crippen LogP contribution is -2.35. The van der Waals surface area contributed by atoms with E-state index >= 15 is 0 Å². The van der Waals surface area contributed by atoms with Crippen LogP contribution in [0.25, 0.3) is 0 Å². The van der Waals surface area contributed by atoms with Gasteiger partial charge in [-0.3, -0.25) is 9.59 Å². The van der Waals surface area contributed by atoms with Crippen molar-refractivity contribution >= 4 is 34.8 Å². The third-order valence-electron chi connectivity index (χ3n) is 3.53. The third-order valence-corrected chi connectivity index (χ3v) is 3.77. The number of anilines is 1. The highest BCUT2D eigenvalue weighted by Gasteiger charge is 2.16. The molecule has 1 aliphatic heterocycles. The molecule has 0 atom stereocenters. The maximum absolute atomic E-state index is 11.9. The van der Waals surface area contributed by atoms with Gasteiger partial charge in [-0.1, -0.05) is 17.7 Å². The molecule has 1 fully saturated rings. The summed E-state index contributed by atoms with van der Waals surface area (Å²) in [5.74, 6) is -1.55. The van der Waals surface area contributed by atoms with Crippen LogP contribution in [-0.4, -0.2) is 42.6 Å². The number of halogens is 1. The monoisotopic (exact) mass is 322 g/mol. The molecule has 1 aromatic rings. The van der Waals surface area contributed by atoms with E-state index in [4.69, 9.17) is 11.6 Å². The number of amides is 2. The maximum atomic E-state index is 11.9. The van der Waals surface area contributed by atoms with E-state index in [1.807, 2.05) is 14.0 Å². The molecule has 1 saturated heterocycles. The number of nitrogens with zero attached hydrogens (tertiary/aromatic N) is 2. The SMILES string of the molecule is Cc1ccc(Cl)cc1NC(=O)C(=O)NN=C1CCN(C)CC1. The van der Waals surface area contributed by atoms with E-state index < -0.39 is 11.8 Å². The number of aryl methyl sites for hydroxylation is 1. The molecule has 118 valence electrons. The average Bonchev–Trinajstić information content (AvgIpc) is 2.50. The van der Waals surface area contributed by atoms with E-state index in [9.17, 15) is 9.59 Å². The Bertz CT molecular complexity index is 606. The van der Waals surface area contributed by atoms with Gasteiger partial charge in [0.1, 0.15) is 0 Å². The fourth-order valence-corrected chi connectivity index (χ4v) is 2.25. The molecule has 0 saturated carbocycles. The molecule has 6 nitrogen and oxygen atoms in total. The van der Waals surface area contributed by atoms with Crippen molar-refractivity contribution in [2.75, 3.05) is 25.5 Å². The molecule has 0 aliphatic carbocycles. The summed E-state index contributed by atoms with van der Waals surface area (Å²) >= 11 is 5.88. The zero-order valence-electron chi connectivity index (χ0n) is 12.6. The third kappa shape index (κ3) is 4.54. The standard InChI is InChI=1S/C15H19ClN4O2/c1-10-3-4-11(16)9-13(10)17-14(21)15(22)19-18-12-5-7-20(2)8-6-12/h3-4,9H,5-8H2,1-2H3,(H,17,21)(H,19,22). The van der Waals surface area contributed by atoms with E-state index in [2.05, 4.69) is 20.7 Å². The van der Waals surface area contributed by atoms with Crippen molar-refractivity contribution in [3.05, 3.63) is 28.8 Å². The molecule has 1 aromatic carbocycles. The number of rotatable bonds is 2. The Morgan fingerprint density at radius 1 is 1.23 bits per heavy atom. The first kappa shape index (κ1) is 16.5. The molecule has 1 heterocycles. The lowest BCUT2D eigenvalue weighted by Gasteiger charge is -2.22. The van der Waals surface area contributed by atoms with E-state index in [1.54, 1.807) is 18.2 Å². The smallest absolute Gasteiger partial charge is 0.317 e. The first-order chi connectivity index (χ1) is 10.5. The van der Waals surface area contributed by atoms with Crippen molar-refractivity contribution in [1.82, 2.24) is 10.3 Å². The van der Waals surface area contributed by atoms with Gasteiger partial charge in [0.05, 0.1) is 0 Å². The van der Waals surface area contributed by atoms with E-state index in [1.165, 1.54) is 0 Å². The number of nitrogens with one attached hydrogen (secondary N) is 2. The molecule has 1 aliphatic rings. The van der Waals surface area contributed by atoms with Crippen LogP contribution in [0.4, 0.5) is 5.69 Å². The van der Waals surface area contributed by atoms with Crippen LogP contribution in [-0.2, 0) is 9.59 Å². The lowest BCUT2D eigenvalue weighted by molar-refractivity contribution is -0.136. The van der Waals surface area contributed by atoms with Crippen LogP contribution < -0.4 is 10.7 Å². The number of piperidine rings is 1. The number of hydrazone groups is 1. The second-order valence-corrected chi connectivity index (χ2v) is 5.77. The Morgan fingerprint density at radius 3 is 2.59 bits per heavy atom. The number of carbonyl (C=O) groups excluding carboxylic acids is 2. The van der Waals surface area contributed by atoms with Gasteiger partial charge in [0, 0.05) is 42.4 Å². The topological polar surface area (TPSA) is 73.8 Å². The summed E-state index contributed by atoms with van der Waals surface area (Å²) in [6, 6.07) is 5.10. The number of carbonyl (C=O) groups is 2. The molecule has 7 heteroatoms. The summed E-state index contributed by atoms with van der Waals surface area (Å²) in [6.45, 7) is 3.63. The van der Waals surface area contributed by atoms with Gasteiger partial charge < -0.3 is 10.2 Å². The predicted molar refractivity (Wildman–Crippen MR) is 87.1 cm³/mol. The first-order valence-electron chi connectivity index (χ1n) is 7.07. The van der Waals surface area contributed by atoms with Crippen molar-refractivity contribution in [3.63, 3.8) is 0 Å². The minimum atomic E-state index is -0.786. The summed E-state index contributed by atoms with van der Waals surface area (Å²) in [5, 5.41) is 7.05. The van der Waals surface area contributed by atoms with Gasteiger partial charge in [0.25, 0.3) is 0 Å². The normalized spacial score (nSPS) is 15.3. The highest BCUT2D eigenvalue weighted by molar-refractivity contribution is 6.40. The van der Waals surface area contributed by atoms with Gasteiger partial charge in [-0.15, -0.1) is 0 Å². The Labute approximate surface area is 134 Å². The van der Waals surface area contributed by atoms with Crippen LogP contribution in [0.2, 0.25) is 5.02 Å². The van der Waals surface area contributed by atoms with Gasteiger partial charge in [-0.25, -0.2) is 5.43 Å². The summed E-state index contributed by atoms with van der Waals surface area (Å²) in [7, 11) is 2.04. The Hall–Kier alpha value is -1.92. The van der Waals surface area contributed by atoms with E-state index in [0.29, 0.717) is 10.7 Å². The molecule has 2 amide bonds. The quantitative estimate of drug-likeness (QED) is 0.644. The number of hydrogen-bond donors (Lipinski definition) is 2. The largest absolute Gasteiger partial charge is 0.329 e. The van der Waals surface area contributed by atoms with Crippen molar-refractivity contribution in [1.29, 1.82) is 0 Å². The van der Waals surface area contributed by atoms with Crippen molar-refractivity contribution in [2.45, 2.75) is 19.8 Å². The molecule has 0 bridgehead atoms. The fraction of sp³-hybridized carbons (Fsp3) is 0.400.